The Bertz CT molecular complexity index is 1170. The molecule has 0 radical (unpaired) electrons. The Hall–Kier alpha value is -2.85. The van der Waals surface area contributed by atoms with Crippen molar-refractivity contribution in [1.82, 2.24) is 14.6 Å². The maximum Gasteiger partial charge on any atom is 0.165 e. The lowest BCUT2D eigenvalue weighted by molar-refractivity contribution is 0.568. The Morgan fingerprint density at radius 2 is 1.67 bits per heavy atom. The zero-order chi connectivity index (χ0) is 21.5. The number of hydrogen-bond acceptors (Lipinski definition) is 3. The average Bonchev–Trinajstić information content (AvgIpc) is 3.05. The summed E-state index contributed by atoms with van der Waals surface area (Å²) in [6.45, 7) is 10.7. The van der Waals surface area contributed by atoms with Crippen LogP contribution in [0.1, 0.15) is 50.7 Å². The fourth-order valence-corrected chi connectivity index (χ4v) is 3.74. The minimum absolute atomic E-state index is 0.0936. The Kier molecular flexibility index (Phi) is 5.29. The zero-order valence-electron chi connectivity index (χ0n) is 18.1. The number of anilines is 1. The van der Waals surface area contributed by atoms with Crippen molar-refractivity contribution < 1.29 is 0 Å². The van der Waals surface area contributed by atoms with Gasteiger partial charge in [0.15, 0.2) is 5.65 Å². The third-order valence-corrected chi connectivity index (χ3v) is 5.58. The molecule has 0 aliphatic carbocycles. The van der Waals surface area contributed by atoms with Gasteiger partial charge in [-0.05, 0) is 37.1 Å². The molecule has 4 nitrogen and oxygen atoms in total. The van der Waals surface area contributed by atoms with Crippen molar-refractivity contribution in [2.24, 2.45) is 0 Å². The fourth-order valence-electron chi connectivity index (χ4n) is 3.61. The van der Waals surface area contributed by atoms with Gasteiger partial charge in [0.1, 0.15) is 5.82 Å². The molecule has 1 unspecified atom stereocenters. The second-order valence-electron chi connectivity index (χ2n) is 8.76. The minimum Gasteiger partial charge on any atom is -0.363 e. The molecule has 0 fully saturated rings. The van der Waals surface area contributed by atoms with Crippen LogP contribution in [0.15, 0.2) is 60.7 Å². The summed E-state index contributed by atoms with van der Waals surface area (Å²) in [6.07, 6.45) is 0. The van der Waals surface area contributed by atoms with Crippen molar-refractivity contribution in [3.8, 4) is 11.1 Å². The smallest absolute Gasteiger partial charge is 0.165 e. The number of aromatic nitrogens is 3. The van der Waals surface area contributed by atoms with E-state index in [1.54, 1.807) is 0 Å². The number of halogens is 1. The second kappa shape index (κ2) is 7.77. The summed E-state index contributed by atoms with van der Waals surface area (Å²) in [5.41, 5.74) is 6.04. The van der Waals surface area contributed by atoms with E-state index in [9.17, 15) is 0 Å². The first kappa shape index (κ1) is 20.4. The number of fused-ring (bicyclic) bond motifs is 1. The molecule has 0 aliphatic heterocycles. The van der Waals surface area contributed by atoms with Crippen molar-refractivity contribution in [2.45, 2.75) is 46.1 Å². The highest BCUT2D eigenvalue weighted by Crippen LogP contribution is 2.33. The van der Waals surface area contributed by atoms with E-state index in [4.69, 9.17) is 21.7 Å². The summed E-state index contributed by atoms with van der Waals surface area (Å²) in [7, 11) is 0. The van der Waals surface area contributed by atoms with Gasteiger partial charge in [-0.25, -0.2) is 4.98 Å². The standard InChI is InChI=1S/C25H27ClN4/c1-16(18-9-7-6-8-10-18)27-22-15-21(25(3,4)5)28-24-23(17(2)29-30(22)24)19-11-13-20(26)14-12-19/h6-16,27H,1-5H3. The van der Waals surface area contributed by atoms with Gasteiger partial charge >= 0.3 is 0 Å². The monoisotopic (exact) mass is 418 g/mol. The summed E-state index contributed by atoms with van der Waals surface area (Å²) >= 11 is 6.11. The van der Waals surface area contributed by atoms with Gasteiger partial charge in [0, 0.05) is 28.1 Å². The lowest BCUT2D eigenvalue weighted by Crippen LogP contribution is -2.17. The Morgan fingerprint density at radius 3 is 2.30 bits per heavy atom. The number of nitrogens with zero attached hydrogens (tertiary/aromatic N) is 3. The Labute approximate surface area is 182 Å². The van der Waals surface area contributed by atoms with E-state index in [1.165, 1.54) is 5.56 Å². The van der Waals surface area contributed by atoms with Crippen LogP contribution in [0.4, 0.5) is 5.82 Å². The van der Waals surface area contributed by atoms with E-state index in [0.29, 0.717) is 0 Å². The number of rotatable bonds is 4. The van der Waals surface area contributed by atoms with Crippen molar-refractivity contribution in [3.63, 3.8) is 0 Å². The molecule has 5 heteroatoms. The molecule has 0 aliphatic rings. The summed E-state index contributed by atoms with van der Waals surface area (Å²) in [4.78, 5) is 5.03. The second-order valence-corrected chi connectivity index (χ2v) is 9.19. The maximum absolute atomic E-state index is 6.11. The molecular weight excluding hydrogens is 392 g/mol. The molecule has 154 valence electrons. The number of hydrogen-bond donors (Lipinski definition) is 1. The van der Waals surface area contributed by atoms with Crippen LogP contribution in [0.25, 0.3) is 16.8 Å². The van der Waals surface area contributed by atoms with E-state index >= 15 is 0 Å². The van der Waals surface area contributed by atoms with E-state index in [2.05, 4.69) is 63.3 Å². The van der Waals surface area contributed by atoms with Gasteiger partial charge in [-0.3, -0.25) is 0 Å². The van der Waals surface area contributed by atoms with Gasteiger partial charge in [-0.1, -0.05) is 74.8 Å². The molecule has 4 aromatic rings. The van der Waals surface area contributed by atoms with Crippen molar-refractivity contribution in [2.75, 3.05) is 5.32 Å². The predicted octanol–water partition coefficient (Wildman–Crippen LogP) is 6.83. The van der Waals surface area contributed by atoms with E-state index < -0.39 is 0 Å². The minimum atomic E-state index is -0.0936. The zero-order valence-corrected chi connectivity index (χ0v) is 18.8. The van der Waals surface area contributed by atoms with Crippen LogP contribution in [0.5, 0.6) is 0 Å². The predicted molar refractivity (Wildman–Crippen MR) is 125 cm³/mol. The van der Waals surface area contributed by atoms with Crippen LogP contribution in [0, 0.1) is 6.92 Å². The highest BCUT2D eigenvalue weighted by atomic mass is 35.5. The molecule has 0 amide bonds. The molecule has 30 heavy (non-hydrogen) atoms. The van der Waals surface area contributed by atoms with Crippen LogP contribution in [-0.2, 0) is 5.41 Å². The Morgan fingerprint density at radius 1 is 1.00 bits per heavy atom. The number of benzene rings is 2. The first-order valence-corrected chi connectivity index (χ1v) is 10.6. The molecule has 2 aromatic carbocycles. The summed E-state index contributed by atoms with van der Waals surface area (Å²) in [5.74, 6) is 0.935. The molecule has 2 heterocycles. The van der Waals surface area contributed by atoms with Gasteiger partial charge in [0.2, 0.25) is 0 Å². The lowest BCUT2D eigenvalue weighted by atomic mass is 9.91. The van der Waals surface area contributed by atoms with Gasteiger partial charge in [-0.15, -0.1) is 0 Å². The summed E-state index contributed by atoms with van der Waals surface area (Å²) in [5, 5.41) is 9.21. The molecule has 2 aromatic heterocycles. The first-order valence-electron chi connectivity index (χ1n) is 10.2. The molecule has 0 saturated carbocycles. The highest BCUT2D eigenvalue weighted by molar-refractivity contribution is 6.30. The summed E-state index contributed by atoms with van der Waals surface area (Å²) in [6, 6.07) is 20.5. The topological polar surface area (TPSA) is 42.2 Å². The van der Waals surface area contributed by atoms with Gasteiger partial charge < -0.3 is 5.32 Å². The van der Waals surface area contributed by atoms with Gasteiger partial charge in [0.05, 0.1) is 11.4 Å². The van der Waals surface area contributed by atoms with Crippen molar-refractivity contribution in [3.05, 3.63) is 82.6 Å². The first-order chi connectivity index (χ1) is 14.2. The maximum atomic E-state index is 6.11. The van der Waals surface area contributed by atoms with Gasteiger partial charge in [0.25, 0.3) is 0 Å². The van der Waals surface area contributed by atoms with Crippen molar-refractivity contribution >= 4 is 23.1 Å². The van der Waals surface area contributed by atoms with Crippen LogP contribution >= 0.6 is 11.6 Å². The van der Waals surface area contributed by atoms with E-state index in [1.807, 2.05) is 41.8 Å². The quantitative estimate of drug-likeness (QED) is 0.395. The van der Waals surface area contributed by atoms with E-state index in [-0.39, 0.29) is 11.5 Å². The summed E-state index contributed by atoms with van der Waals surface area (Å²) < 4.78 is 1.92. The molecule has 1 atom stereocenters. The normalized spacial score (nSPS) is 12.9. The Balaban J connectivity index is 1.89. The van der Waals surface area contributed by atoms with Crippen LogP contribution < -0.4 is 5.32 Å². The lowest BCUT2D eigenvalue weighted by Gasteiger charge is -2.22. The molecular formula is C25H27ClN4. The molecule has 4 rings (SSSR count). The SMILES string of the molecule is Cc1nn2c(NC(C)c3ccccc3)cc(C(C)(C)C)nc2c1-c1ccc(Cl)cc1. The molecule has 0 spiro atoms. The molecule has 0 bridgehead atoms. The van der Waals surface area contributed by atoms with Gasteiger partial charge in [-0.2, -0.15) is 9.61 Å². The number of nitrogens with one attached hydrogen (secondary N) is 1. The third kappa shape index (κ3) is 3.92. The van der Waals surface area contributed by atoms with E-state index in [0.717, 1.165) is 39.0 Å². The number of aryl methyl sites for hydroxylation is 1. The van der Waals surface area contributed by atoms with Crippen LogP contribution in [-0.4, -0.2) is 14.6 Å². The third-order valence-electron chi connectivity index (χ3n) is 5.33. The largest absolute Gasteiger partial charge is 0.363 e. The van der Waals surface area contributed by atoms with Crippen LogP contribution in [0.2, 0.25) is 5.02 Å². The average molecular weight is 419 g/mol. The highest BCUT2D eigenvalue weighted by Gasteiger charge is 2.23. The fraction of sp³-hybridized carbons (Fsp3) is 0.280. The van der Waals surface area contributed by atoms with Crippen LogP contribution in [0.3, 0.4) is 0 Å². The molecule has 0 saturated heterocycles. The molecule has 1 N–H and O–H groups in total. The van der Waals surface area contributed by atoms with Crippen molar-refractivity contribution in [1.29, 1.82) is 0 Å².